The Hall–Kier alpha value is -2.94. The van der Waals surface area contributed by atoms with E-state index < -0.39 is 0 Å². The van der Waals surface area contributed by atoms with Crippen molar-refractivity contribution in [2.75, 3.05) is 0 Å². The first-order valence-corrected chi connectivity index (χ1v) is 9.95. The Balaban J connectivity index is 1.75. The Morgan fingerprint density at radius 2 is 1.57 bits per heavy atom. The zero-order valence-corrected chi connectivity index (χ0v) is 16.7. The molecule has 0 aliphatic carbocycles. The summed E-state index contributed by atoms with van der Waals surface area (Å²) in [4.78, 5) is 19.3. The number of carbonyl (C=O) groups excluding carboxylic acids is 1. The first-order valence-electron chi connectivity index (χ1n) is 9.95. The van der Waals surface area contributed by atoms with Gasteiger partial charge < -0.3 is 4.90 Å². The maximum absolute atomic E-state index is 13.2. The molecule has 1 heterocycles. The molecule has 1 amide bonds. The Kier molecular flexibility index (Phi) is 6.96. The zero-order chi connectivity index (χ0) is 19.8. The first-order chi connectivity index (χ1) is 13.7. The highest BCUT2D eigenvalue weighted by atomic mass is 16.2. The molecule has 0 aliphatic heterocycles. The van der Waals surface area contributed by atoms with Crippen molar-refractivity contribution >= 4 is 5.91 Å². The smallest absolute Gasteiger partial charge is 0.223 e. The number of carbonyl (C=O) groups is 1. The summed E-state index contributed by atoms with van der Waals surface area (Å²) in [5.74, 6) is 0.354. The van der Waals surface area contributed by atoms with Crippen LogP contribution in [0, 0.1) is 0 Å². The Morgan fingerprint density at radius 3 is 2.21 bits per heavy atom. The van der Waals surface area contributed by atoms with Crippen LogP contribution in [-0.2, 0) is 24.3 Å². The third-order valence-electron chi connectivity index (χ3n) is 5.10. The summed E-state index contributed by atoms with van der Waals surface area (Å²) >= 11 is 0. The highest BCUT2D eigenvalue weighted by molar-refractivity contribution is 5.77. The number of amides is 1. The fourth-order valence-electron chi connectivity index (χ4n) is 3.34. The van der Waals surface area contributed by atoms with E-state index in [0.29, 0.717) is 19.5 Å². The summed E-state index contributed by atoms with van der Waals surface area (Å²) in [6, 6.07) is 22.7. The molecule has 1 unspecified atom stereocenters. The lowest BCUT2D eigenvalue weighted by Gasteiger charge is -2.25. The van der Waals surface area contributed by atoms with Crippen LogP contribution in [0.5, 0.6) is 0 Å². The number of hydrogen-bond acceptors (Lipinski definition) is 2. The molecular formula is C25H28N2O. The molecular weight excluding hydrogens is 344 g/mol. The summed E-state index contributed by atoms with van der Waals surface area (Å²) in [5.41, 5.74) is 4.71. The molecule has 3 aromatic rings. The van der Waals surface area contributed by atoms with E-state index in [1.807, 2.05) is 41.4 Å². The molecule has 144 valence electrons. The van der Waals surface area contributed by atoms with Crippen molar-refractivity contribution in [3.05, 3.63) is 101 Å². The standard InChI is InChI=1S/C25H28N2O/c1-3-21-11-13-22(14-12-21)18-27(19-23-8-7-15-26-17-23)25(28)16-20(2)24-9-5-4-6-10-24/h4-15,17,20H,3,16,18-19H2,1-2H3. The van der Waals surface area contributed by atoms with Gasteiger partial charge in [-0.3, -0.25) is 9.78 Å². The van der Waals surface area contributed by atoms with Gasteiger partial charge in [0.2, 0.25) is 5.91 Å². The Bertz CT molecular complexity index is 860. The predicted molar refractivity (Wildman–Crippen MR) is 114 cm³/mol. The normalized spacial score (nSPS) is 11.8. The fraction of sp³-hybridized carbons (Fsp3) is 0.280. The lowest BCUT2D eigenvalue weighted by molar-refractivity contribution is -0.132. The van der Waals surface area contributed by atoms with Crippen molar-refractivity contribution in [1.29, 1.82) is 0 Å². The molecule has 0 saturated heterocycles. The first kappa shape index (κ1) is 19.8. The third kappa shape index (κ3) is 5.53. The van der Waals surface area contributed by atoms with E-state index in [9.17, 15) is 4.79 Å². The zero-order valence-electron chi connectivity index (χ0n) is 16.7. The third-order valence-corrected chi connectivity index (χ3v) is 5.10. The molecule has 3 nitrogen and oxygen atoms in total. The minimum absolute atomic E-state index is 0.166. The summed E-state index contributed by atoms with van der Waals surface area (Å²) in [7, 11) is 0. The highest BCUT2D eigenvalue weighted by Crippen LogP contribution is 2.21. The molecule has 2 aromatic carbocycles. The molecule has 1 aromatic heterocycles. The number of nitrogens with zero attached hydrogens (tertiary/aromatic N) is 2. The van der Waals surface area contributed by atoms with Gasteiger partial charge in [-0.05, 0) is 40.7 Å². The van der Waals surface area contributed by atoms with Crippen LogP contribution >= 0.6 is 0 Å². The minimum atomic E-state index is 0.166. The topological polar surface area (TPSA) is 33.2 Å². The van der Waals surface area contributed by atoms with E-state index in [1.165, 1.54) is 11.1 Å². The second kappa shape index (κ2) is 9.84. The van der Waals surface area contributed by atoms with E-state index in [4.69, 9.17) is 0 Å². The molecule has 1 atom stereocenters. The molecule has 0 spiro atoms. The number of pyridine rings is 1. The van der Waals surface area contributed by atoms with Crippen LogP contribution in [0.25, 0.3) is 0 Å². The SMILES string of the molecule is CCc1ccc(CN(Cc2cccnc2)C(=O)CC(C)c2ccccc2)cc1. The van der Waals surface area contributed by atoms with Crippen LogP contribution < -0.4 is 0 Å². The van der Waals surface area contributed by atoms with E-state index in [0.717, 1.165) is 17.5 Å². The van der Waals surface area contributed by atoms with Crippen LogP contribution in [0.15, 0.2) is 79.1 Å². The number of benzene rings is 2. The van der Waals surface area contributed by atoms with Crippen LogP contribution in [0.4, 0.5) is 0 Å². The maximum atomic E-state index is 13.2. The van der Waals surface area contributed by atoms with Gasteiger partial charge in [-0.15, -0.1) is 0 Å². The van der Waals surface area contributed by atoms with Crippen molar-refractivity contribution in [1.82, 2.24) is 9.88 Å². The Labute approximate surface area is 168 Å². The summed E-state index contributed by atoms with van der Waals surface area (Å²) in [5, 5.41) is 0. The molecule has 28 heavy (non-hydrogen) atoms. The monoisotopic (exact) mass is 372 g/mol. The number of aryl methyl sites for hydroxylation is 1. The lowest BCUT2D eigenvalue weighted by Crippen LogP contribution is -2.31. The van der Waals surface area contributed by atoms with Gasteiger partial charge >= 0.3 is 0 Å². The molecule has 0 fully saturated rings. The van der Waals surface area contributed by atoms with Gasteiger partial charge in [-0.2, -0.15) is 0 Å². The second-order valence-electron chi connectivity index (χ2n) is 7.30. The molecule has 0 saturated carbocycles. The predicted octanol–water partition coefficient (Wildman–Crippen LogP) is 5.37. The van der Waals surface area contributed by atoms with E-state index >= 15 is 0 Å². The molecule has 3 heteroatoms. The van der Waals surface area contributed by atoms with E-state index in [-0.39, 0.29) is 11.8 Å². The summed E-state index contributed by atoms with van der Waals surface area (Å²) in [6.07, 6.45) is 5.11. The maximum Gasteiger partial charge on any atom is 0.223 e. The van der Waals surface area contributed by atoms with Crippen molar-refractivity contribution in [2.24, 2.45) is 0 Å². The van der Waals surface area contributed by atoms with Gasteiger partial charge in [0, 0.05) is 31.9 Å². The van der Waals surface area contributed by atoms with E-state index in [2.05, 4.69) is 55.2 Å². The molecule has 0 N–H and O–H groups in total. The molecule has 0 aliphatic rings. The lowest BCUT2D eigenvalue weighted by atomic mass is 9.97. The van der Waals surface area contributed by atoms with Crippen molar-refractivity contribution in [3.63, 3.8) is 0 Å². The Morgan fingerprint density at radius 1 is 0.893 bits per heavy atom. The summed E-state index contributed by atoms with van der Waals surface area (Å²) < 4.78 is 0. The largest absolute Gasteiger partial charge is 0.334 e. The van der Waals surface area contributed by atoms with Crippen LogP contribution in [-0.4, -0.2) is 15.8 Å². The van der Waals surface area contributed by atoms with E-state index in [1.54, 1.807) is 6.20 Å². The minimum Gasteiger partial charge on any atom is -0.334 e. The van der Waals surface area contributed by atoms with Crippen LogP contribution in [0.2, 0.25) is 0 Å². The second-order valence-corrected chi connectivity index (χ2v) is 7.30. The highest BCUT2D eigenvalue weighted by Gasteiger charge is 2.18. The van der Waals surface area contributed by atoms with Crippen LogP contribution in [0.3, 0.4) is 0 Å². The molecule has 0 radical (unpaired) electrons. The van der Waals surface area contributed by atoms with Gasteiger partial charge in [-0.25, -0.2) is 0 Å². The number of aromatic nitrogens is 1. The van der Waals surface area contributed by atoms with Crippen molar-refractivity contribution in [3.8, 4) is 0 Å². The number of hydrogen-bond donors (Lipinski definition) is 0. The quantitative estimate of drug-likeness (QED) is 0.533. The van der Waals surface area contributed by atoms with Crippen molar-refractivity contribution < 1.29 is 4.79 Å². The van der Waals surface area contributed by atoms with Gasteiger partial charge in [0.25, 0.3) is 0 Å². The fourth-order valence-corrected chi connectivity index (χ4v) is 3.34. The van der Waals surface area contributed by atoms with Crippen LogP contribution in [0.1, 0.15) is 48.4 Å². The van der Waals surface area contributed by atoms with Gasteiger partial charge in [0.1, 0.15) is 0 Å². The van der Waals surface area contributed by atoms with Gasteiger partial charge in [0.05, 0.1) is 0 Å². The average molecular weight is 373 g/mol. The molecule has 0 bridgehead atoms. The molecule has 3 rings (SSSR count). The average Bonchev–Trinajstić information content (AvgIpc) is 2.75. The van der Waals surface area contributed by atoms with Gasteiger partial charge in [0.15, 0.2) is 0 Å². The summed E-state index contributed by atoms with van der Waals surface area (Å²) in [6.45, 7) is 5.45. The van der Waals surface area contributed by atoms with Gasteiger partial charge in [-0.1, -0.05) is 74.5 Å². The number of rotatable bonds is 8. The van der Waals surface area contributed by atoms with Crippen molar-refractivity contribution in [2.45, 2.75) is 45.7 Å².